The van der Waals surface area contributed by atoms with E-state index in [-0.39, 0.29) is 16.4 Å². The molecule has 33 heavy (non-hydrogen) atoms. The predicted octanol–water partition coefficient (Wildman–Crippen LogP) is 2.02. The van der Waals surface area contributed by atoms with Crippen LogP contribution in [0.15, 0.2) is 23.1 Å². The first kappa shape index (κ1) is 25.5. The Hall–Kier alpha value is -2.17. The van der Waals surface area contributed by atoms with Gasteiger partial charge in [-0.3, -0.25) is 4.79 Å². The van der Waals surface area contributed by atoms with Crippen molar-refractivity contribution < 1.29 is 27.5 Å². The van der Waals surface area contributed by atoms with Crippen molar-refractivity contribution in [2.75, 3.05) is 51.8 Å². The van der Waals surface area contributed by atoms with Crippen molar-refractivity contribution in [1.29, 1.82) is 0 Å². The van der Waals surface area contributed by atoms with Gasteiger partial charge in [-0.05, 0) is 43.9 Å². The molecule has 184 valence electrons. The lowest BCUT2D eigenvalue weighted by Gasteiger charge is -2.30. The smallest absolute Gasteiger partial charge is 0.341 e. The minimum absolute atomic E-state index is 0.00846. The molecule has 3 rings (SSSR count). The highest BCUT2D eigenvalue weighted by atomic mass is 32.2. The minimum atomic E-state index is -3.74. The number of hydrogen-bond donors (Lipinski definition) is 1. The second kappa shape index (κ2) is 11.3. The summed E-state index contributed by atoms with van der Waals surface area (Å²) in [5.74, 6) is -0.613. The largest absolute Gasteiger partial charge is 0.449 e. The van der Waals surface area contributed by atoms with Gasteiger partial charge in [0.15, 0.2) is 6.10 Å². The average Bonchev–Trinajstić information content (AvgIpc) is 2.83. The van der Waals surface area contributed by atoms with E-state index in [9.17, 15) is 18.0 Å². The number of ether oxygens (including phenoxy) is 2. The van der Waals surface area contributed by atoms with Crippen molar-refractivity contribution in [2.45, 2.75) is 50.0 Å². The topological polar surface area (TPSA) is 105 Å². The summed E-state index contributed by atoms with van der Waals surface area (Å²) in [6.07, 6.45) is 4.82. The number of nitrogens with one attached hydrogen (secondary N) is 1. The first-order chi connectivity index (χ1) is 15.7. The van der Waals surface area contributed by atoms with Crippen molar-refractivity contribution in [3.8, 4) is 0 Å². The summed E-state index contributed by atoms with van der Waals surface area (Å²) in [6.45, 7) is 4.26. The predicted molar refractivity (Wildman–Crippen MR) is 125 cm³/mol. The van der Waals surface area contributed by atoms with Gasteiger partial charge in [0.25, 0.3) is 5.91 Å². The van der Waals surface area contributed by atoms with Crippen molar-refractivity contribution in [3.05, 3.63) is 23.8 Å². The molecule has 9 nitrogen and oxygen atoms in total. The van der Waals surface area contributed by atoms with Crippen LogP contribution >= 0.6 is 0 Å². The van der Waals surface area contributed by atoms with E-state index in [0.717, 1.165) is 17.1 Å². The maximum Gasteiger partial charge on any atom is 0.341 e. The molecule has 0 unspecified atom stereocenters. The van der Waals surface area contributed by atoms with E-state index in [1.165, 1.54) is 52.4 Å². The average molecular weight is 482 g/mol. The van der Waals surface area contributed by atoms with E-state index in [4.69, 9.17) is 9.47 Å². The molecular weight excluding hydrogens is 446 g/mol. The molecule has 1 saturated heterocycles. The van der Waals surface area contributed by atoms with Crippen molar-refractivity contribution in [3.63, 3.8) is 0 Å². The molecule has 1 heterocycles. The van der Waals surface area contributed by atoms with Gasteiger partial charge in [-0.15, -0.1) is 0 Å². The van der Waals surface area contributed by atoms with Gasteiger partial charge in [0.05, 0.1) is 29.4 Å². The minimum Gasteiger partial charge on any atom is -0.449 e. The highest BCUT2D eigenvalue weighted by Crippen LogP contribution is 2.27. The van der Waals surface area contributed by atoms with Gasteiger partial charge in [-0.25, -0.2) is 17.5 Å². The van der Waals surface area contributed by atoms with Gasteiger partial charge in [-0.2, -0.15) is 0 Å². The van der Waals surface area contributed by atoms with Gasteiger partial charge in [0, 0.05) is 33.7 Å². The quantitative estimate of drug-likeness (QED) is 0.566. The number of carbonyl (C=O) groups is 2. The molecule has 0 aromatic heterocycles. The van der Waals surface area contributed by atoms with Crippen LogP contribution in [-0.4, -0.2) is 77.6 Å². The van der Waals surface area contributed by atoms with Crippen LogP contribution in [-0.2, 0) is 24.3 Å². The van der Waals surface area contributed by atoms with Gasteiger partial charge in [0.2, 0.25) is 10.0 Å². The number of sulfonamides is 1. The molecule has 1 amide bonds. The molecule has 1 aliphatic heterocycles. The lowest BCUT2D eigenvalue weighted by Crippen LogP contribution is -2.39. The number of benzene rings is 1. The zero-order valence-corrected chi connectivity index (χ0v) is 20.5. The molecule has 0 spiro atoms. The summed E-state index contributed by atoms with van der Waals surface area (Å²) in [6, 6.07) is 4.43. The second-order valence-electron chi connectivity index (χ2n) is 8.86. The Kier molecular flexibility index (Phi) is 8.72. The number of esters is 1. The Morgan fingerprint density at radius 1 is 1.18 bits per heavy atom. The number of anilines is 1. The van der Waals surface area contributed by atoms with E-state index in [2.05, 4.69) is 5.32 Å². The molecule has 1 aromatic rings. The Morgan fingerprint density at radius 3 is 2.48 bits per heavy atom. The molecule has 1 aliphatic carbocycles. The summed E-state index contributed by atoms with van der Waals surface area (Å²) in [7, 11) is -0.878. The molecule has 1 aromatic carbocycles. The zero-order valence-electron chi connectivity index (χ0n) is 19.7. The maximum absolute atomic E-state index is 13.1. The molecule has 10 heteroatoms. The molecule has 1 N–H and O–H groups in total. The van der Waals surface area contributed by atoms with Crippen molar-refractivity contribution in [1.82, 2.24) is 9.62 Å². The molecule has 0 bridgehead atoms. The van der Waals surface area contributed by atoms with Crippen LogP contribution < -0.4 is 10.2 Å². The van der Waals surface area contributed by atoms with Crippen LogP contribution in [0.5, 0.6) is 0 Å². The van der Waals surface area contributed by atoms with Gasteiger partial charge in [-0.1, -0.05) is 19.3 Å². The second-order valence-corrected chi connectivity index (χ2v) is 11.0. The normalized spacial score (nSPS) is 18.7. The Balaban J connectivity index is 1.76. The fourth-order valence-electron chi connectivity index (χ4n) is 4.19. The van der Waals surface area contributed by atoms with Crippen molar-refractivity contribution in [2.24, 2.45) is 5.92 Å². The highest BCUT2D eigenvalue weighted by molar-refractivity contribution is 7.89. The first-order valence-corrected chi connectivity index (χ1v) is 13.0. The number of rotatable bonds is 8. The summed E-state index contributed by atoms with van der Waals surface area (Å²) in [4.78, 5) is 27.6. The molecular formula is C23H35N3O6S. The molecule has 2 aliphatic rings. The number of carbonyl (C=O) groups excluding carboxylic acids is 2. The first-order valence-electron chi connectivity index (χ1n) is 11.6. The van der Waals surface area contributed by atoms with Gasteiger partial charge >= 0.3 is 5.97 Å². The third kappa shape index (κ3) is 6.45. The molecule has 0 radical (unpaired) electrons. The molecule has 2 fully saturated rings. The number of morpholine rings is 1. The van der Waals surface area contributed by atoms with E-state index < -0.39 is 22.1 Å². The van der Waals surface area contributed by atoms with Crippen LogP contribution in [0, 0.1) is 5.92 Å². The van der Waals surface area contributed by atoms with Gasteiger partial charge in [0.1, 0.15) is 0 Å². The third-order valence-electron chi connectivity index (χ3n) is 6.26. The highest BCUT2D eigenvalue weighted by Gasteiger charge is 2.27. The van der Waals surface area contributed by atoms with Crippen molar-refractivity contribution >= 4 is 27.6 Å². The fraction of sp³-hybridized carbons (Fsp3) is 0.652. The Morgan fingerprint density at radius 2 is 1.85 bits per heavy atom. The fourth-order valence-corrected chi connectivity index (χ4v) is 5.12. The van der Waals surface area contributed by atoms with Crippen LogP contribution in [0.4, 0.5) is 5.69 Å². The standard InChI is InChI=1S/C23H35N3O6S/c1-17(22(27)24-16-18-7-5-4-6-8-18)32-23(28)20-15-19(33(29,30)25(2)3)9-10-21(20)26-11-13-31-14-12-26/h9-10,15,17-18H,4-8,11-14,16H2,1-3H3,(H,24,27)/t17-/m0/s1. The van der Waals surface area contributed by atoms with Crippen LogP contribution in [0.25, 0.3) is 0 Å². The van der Waals surface area contributed by atoms with Gasteiger partial charge < -0.3 is 19.7 Å². The molecule has 1 saturated carbocycles. The monoisotopic (exact) mass is 481 g/mol. The Bertz CT molecular complexity index is 938. The summed E-state index contributed by atoms with van der Waals surface area (Å²) < 4.78 is 37.2. The number of amides is 1. The SMILES string of the molecule is C[C@H](OC(=O)c1cc(S(=O)(=O)N(C)C)ccc1N1CCOCC1)C(=O)NCC1CCCCC1. The number of nitrogens with zero attached hydrogens (tertiary/aromatic N) is 2. The lowest BCUT2D eigenvalue weighted by molar-refractivity contribution is -0.129. The van der Waals surface area contributed by atoms with E-state index in [1.54, 1.807) is 6.07 Å². The third-order valence-corrected chi connectivity index (χ3v) is 8.07. The van der Waals surface area contributed by atoms with Crippen LogP contribution in [0.1, 0.15) is 49.4 Å². The summed E-state index contributed by atoms with van der Waals surface area (Å²) in [5.41, 5.74) is 0.683. The maximum atomic E-state index is 13.1. The van der Waals surface area contributed by atoms with E-state index >= 15 is 0 Å². The van der Waals surface area contributed by atoms with Crippen LogP contribution in [0.3, 0.4) is 0 Å². The summed E-state index contributed by atoms with van der Waals surface area (Å²) >= 11 is 0. The summed E-state index contributed by atoms with van der Waals surface area (Å²) in [5, 5.41) is 2.89. The number of hydrogen-bond acceptors (Lipinski definition) is 7. The van der Waals surface area contributed by atoms with E-state index in [1.807, 2.05) is 4.90 Å². The molecule has 1 atom stereocenters. The Labute approximate surface area is 196 Å². The van der Waals surface area contributed by atoms with E-state index in [0.29, 0.717) is 44.5 Å². The zero-order chi connectivity index (χ0) is 24.0. The van der Waals surface area contributed by atoms with Crippen LogP contribution in [0.2, 0.25) is 0 Å². The lowest BCUT2D eigenvalue weighted by atomic mass is 9.89.